The molecule has 0 N–H and O–H groups in total. The molecule has 57 heavy (non-hydrogen) atoms. The van der Waals surface area contributed by atoms with Gasteiger partial charge in [-0.2, -0.15) is 0 Å². The number of nitrogens with zero attached hydrogens (tertiary/aromatic N) is 3. The maximum atomic E-state index is 8.75. The molecular formula is C52H51IrN3O-2. The smallest absolute Gasteiger partial charge is 0.216 e. The molecule has 0 aliphatic rings. The number of hydrogen-bond acceptors (Lipinski definition) is 4. The van der Waals surface area contributed by atoms with Gasteiger partial charge in [-0.25, -0.2) is 4.98 Å². The van der Waals surface area contributed by atoms with E-state index in [2.05, 4.69) is 27.1 Å². The second kappa shape index (κ2) is 17.1. The first-order chi connectivity index (χ1) is 32.7. The van der Waals surface area contributed by atoms with Crippen LogP contribution < -0.4 is 0 Å². The summed E-state index contributed by atoms with van der Waals surface area (Å²) >= 11 is 0. The molecule has 4 nitrogen and oxygen atoms in total. The van der Waals surface area contributed by atoms with Crippen LogP contribution >= 0.6 is 0 Å². The molecule has 8 rings (SSSR count). The van der Waals surface area contributed by atoms with Crippen molar-refractivity contribution >= 4 is 22.1 Å². The van der Waals surface area contributed by atoms with Gasteiger partial charge in [0.25, 0.3) is 0 Å². The number of benzene rings is 4. The predicted molar refractivity (Wildman–Crippen MR) is 233 cm³/mol. The standard InChI is InChI=1S/C29H27N2O.C23H24N.Ir/c1-18-17-30-26(15-25(18)21-12-10-20(11-13-21)16-29(3,4)5)24-8-6-7-22-23-14-9-19(2)31-28(23)32-27(22)24;1-17-10-12-20(14-21(17)19-8-6-5-7-9-19)22-13-11-18(16-24-22)15-23(2,3)4;/h6-7,9-15,17H,16H2,1-5H3;5-11,13-14,16H,15H2,1-4H3;/q2*-1;/i1D3,2D3,12D,13D,16D2;1D3,15D2;. The molecule has 5 heteroatoms. The van der Waals surface area contributed by atoms with Crippen LogP contribution in [-0.2, 0) is 32.9 Å². The molecule has 4 aromatic heterocycles. The predicted octanol–water partition coefficient (Wildman–Crippen LogP) is 13.8. The van der Waals surface area contributed by atoms with Crippen LogP contribution in [0.15, 0.2) is 126 Å². The van der Waals surface area contributed by atoms with Gasteiger partial charge in [0, 0.05) is 61.4 Å². The first kappa shape index (κ1) is 25.9. The number of fused-ring (bicyclic) bond motifs is 3. The third kappa shape index (κ3) is 10.0. The van der Waals surface area contributed by atoms with Crippen molar-refractivity contribution in [3.05, 3.63) is 162 Å². The summed E-state index contributed by atoms with van der Waals surface area (Å²) in [6.07, 6.45) is -0.650. The van der Waals surface area contributed by atoms with Gasteiger partial charge in [0.1, 0.15) is 0 Å². The van der Waals surface area contributed by atoms with Crippen molar-refractivity contribution in [2.45, 2.75) is 74.8 Å². The average Bonchev–Trinajstić information content (AvgIpc) is 3.66. The van der Waals surface area contributed by atoms with E-state index in [9.17, 15) is 0 Å². The number of rotatable bonds is 6. The maximum Gasteiger partial charge on any atom is 0.216 e. The Morgan fingerprint density at radius 2 is 1.40 bits per heavy atom. The summed E-state index contributed by atoms with van der Waals surface area (Å²) in [5.41, 5.74) is 3.12. The summed E-state index contributed by atoms with van der Waals surface area (Å²) in [6.45, 7) is 3.45. The molecule has 0 saturated heterocycles. The van der Waals surface area contributed by atoms with E-state index in [1.54, 1.807) is 63.4 Å². The molecule has 8 aromatic rings. The Balaban J connectivity index is 0.000000248. The number of aryl methyl sites for hydroxylation is 3. The Labute approximate surface area is 373 Å². The zero-order valence-corrected chi connectivity index (χ0v) is 34.9. The van der Waals surface area contributed by atoms with E-state index in [1.807, 2.05) is 51.1 Å². The van der Waals surface area contributed by atoms with E-state index >= 15 is 0 Å². The minimum atomic E-state index is -2.62. The fraction of sp³-hybridized carbons (Fsp3) is 0.250. The van der Waals surface area contributed by atoms with Gasteiger partial charge in [0.05, 0.1) is 8.32 Å². The monoisotopic (exact) mass is 941 g/mol. The molecule has 0 fully saturated rings. The number of aromatic nitrogens is 3. The van der Waals surface area contributed by atoms with Gasteiger partial charge in [-0.1, -0.05) is 138 Å². The van der Waals surface area contributed by atoms with Gasteiger partial charge in [0.2, 0.25) is 5.71 Å². The summed E-state index contributed by atoms with van der Waals surface area (Å²) in [7, 11) is 0. The van der Waals surface area contributed by atoms with Crippen molar-refractivity contribution in [1.82, 2.24) is 15.0 Å². The van der Waals surface area contributed by atoms with Crippen LogP contribution in [0.4, 0.5) is 0 Å². The molecule has 0 saturated carbocycles. The molecule has 0 amide bonds. The average molecular weight is 941 g/mol. The maximum absolute atomic E-state index is 8.75. The largest absolute Gasteiger partial charge is 0.486 e. The Kier molecular flexibility index (Phi) is 7.77. The topological polar surface area (TPSA) is 51.8 Å². The van der Waals surface area contributed by atoms with Crippen LogP contribution in [0.2, 0.25) is 0 Å². The zero-order chi connectivity index (χ0) is 52.4. The van der Waals surface area contributed by atoms with E-state index in [0.717, 1.165) is 5.56 Å². The second-order valence-electron chi connectivity index (χ2n) is 15.5. The van der Waals surface area contributed by atoms with Crippen LogP contribution in [-0.4, -0.2) is 15.0 Å². The molecule has 1 radical (unpaired) electrons. The van der Waals surface area contributed by atoms with Crippen molar-refractivity contribution in [3.63, 3.8) is 0 Å². The minimum Gasteiger partial charge on any atom is -0.486 e. The van der Waals surface area contributed by atoms with Gasteiger partial charge >= 0.3 is 0 Å². The second-order valence-corrected chi connectivity index (χ2v) is 15.5. The molecule has 0 atom stereocenters. The zero-order valence-electron chi connectivity index (χ0n) is 47.5. The summed E-state index contributed by atoms with van der Waals surface area (Å²) < 4.78 is 128. The van der Waals surface area contributed by atoms with Crippen molar-refractivity contribution in [2.24, 2.45) is 10.8 Å². The summed E-state index contributed by atoms with van der Waals surface area (Å²) in [5.74, 6) is 0. The Morgan fingerprint density at radius 3 is 2.09 bits per heavy atom. The van der Waals surface area contributed by atoms with Crippen LogP contribution in [0, 0.1) is 43.5 Å². The summed E-state index contributed by atoms with van der Waals surface area (Å²) in [4.78, 5) is 13.0. The molecule has 0 bridgehead atoms. The van der Waals surface area contributed by atoms with Crippen molar-refractivity contribution in [2.75, 3.05) is 0 Å². The first-order valence-electron chi connectivity index (χ1n) is 25.7. The van der Waals surface area contributed by atoms with E-state index in [-0.39, 0.29) is 77.1 Å². The molecule has 0 unspecified atom stereocenters. The Bertz CT molecular complexity index is 3240. The van der Waals surface area contributed by atoms with Crippen LogP contribution in [0.3, 0.4) is 0 Å². The number of furan rings is 1. The third-order valence-electron chi connectivity index (χ3n) is 8.59. The SMILES string of the molecule is [2H]C([2H])([2H])c1c[c-]c(-c2ccc(C([2H])([2H])C(C)(C)C)cn2)cc1-c1ccccc1.[2H]c1cc(C([2H])([2H])C(C)(C)C)cc([2H])c1-c1cc(-c2[c-]ccc3c2oc2nc(C([2H])([2H])[2H])ccc23)ncc1C([2H])([2H])[2H].[Ir]. The fourth-order valence-electron chi connectivity index (χ4n) is 6.21. The Hall–Kier alpha value is -5.22. The number of hydrogen-bond donors (Lipinski definition) is 0. The van der Waals surface area contributed by atoms with Gasteiger partial charge in [-0.15, -0.1) is 47.5 Å². The van der Waals surface area contributed by atoms with Crippen molar-refractivity contribution in [1.29, 1.82) is 0 Å². The molecule has 4 aromatic carbocycles. The number of pyridine rings is 3. The fourth-order valence-corrected chi connectivity index (χ4v) is 6.21. The van der Waals surface area contributed by atoms with Crippen LogP contribution in [0.5, 0.6) is 0 Å². The summed E-state index contributed by atoms with van der Waals surface area (Å²) in [5, 5.41) is 1.21. The molecule has 291 valence electrons. The van der Waals surface area contributed by atoms with Gasteiger partial charge in [-0.05, 0) is 94.2 Å². The van der Waals surface area contributed by atoms with Crippen molar-refractivity contribution < 1.29 is 45.1 Å². The molecule has 0 aliphatic carbocycles. The van der Waals surface area contributed by atoms with Gasteiger partial charge in [0.15, 0.2) is 0 Å². The first-order valence-corrected chi connectivity index (χ1v) is 18.2. The normalized spacial score (nSPS) is 16.6. The third-order valence-corrected chi connectivity index (χ3v) is 8.59. The van der Waals surface area contributed by atoms with E-state index in [4.69, 9.17) is 25.0 Å². The Morgan fingerprint density at radius 1 is 0.684 bits per heavy atom. The van der Waals surface area contributed by atoms with Crippen LogP contribution in [0.1, 0.15) is 90.1 Å². The van der Waals surface area contributed by atoms with Crippen LogP contribution in [0.25, 0.3) is 66.8 Å². The molecule has 0 aliphatic heterocycles. The van der Waals surface area contributed by atoms with E-state index < -0.39 is 44.1 Å². The molecule has 4 heterocycles. The quantitative estimate of drug-likeness (QED) is 0.156. The van der Waals surface area contributed by atoms with Gasteiger partial charge < -0.3 is 14.4 Å². The van der Waals surface area contributed by atoms with Crippen molar-refractivity contribution in [3.8, 4) is 44.8 Å². The summed E-state index contributed by atoms with van der Waals surface area (Å²) in [6, 6.07) is 32.4. The molecule has 0 spiro atoms. The van der Waals surface area contributed by atoms with Gasteiger partial charge in [-0.3, -0.25) is 0 Å². The van der Waals surface area contributed by atoms with E-state index in [0.29, 0.717) is 44.3 Å². The van der Waals surface area contributed by atoms with E-state index in [1.165, 1.54) is 36.5 Å². The molecular weight excluding hydrogens is 875 g/mol. The minimum absolute atomic E-state index is 0.